The Morgan fingerprint density at radius 2 is 2.43 bits per heavy atom. The number of thiocarbonyl (C=S) groups is 1. The van der Waals surface area contributed by atoms with Crippen molar-refractivity contribution in [1.29, 1.82) is 0 Å². The molecular formula is C5H5NS. The molecule has 0 amide bonds. The lowest BCUT2D eigenvalue weighted by Crippen LogP contribution is -1.56. The van der Waals surface area contributed by atoms with Gasteiger partial charge in [0.05, 0.1) is 10.9 Å². The van der Waals surface area contributed by atoms with E-state index in [0.717, 1.165) is 0 Å². The molecule has 0 aliphatic carbocycles. The highest BCUT2D eigenvalue weighted by Crippen LogP contribution is 1.84. The lowest BCUT2D eigenvalue weighted by molar-refractivity contribution is 1.34. The molecule has 0 spiro atoms. The minimum absolute atomic E-state index is 0.676. The molecule has 0 unspecified atom stereocenters. The molecule has 0 saturated carbocycles. The van der Waals surface area contributed by atoms with E-state index < -0.39 is 0 Å². The number of aliphatic imine (C=N–C) groups is 1. The molecule has 0 aromatic rings. The molecule has 0 aromatic carbocycles. The van der Waals surface area contributed by atoms with Crippen LogP contribution in [0.4, 0.5) is 0 Å². The third-order valence-corrected chi connectivity index (χ3v) is 0.560. The lowest BCUT2D eigenvalue weighted by Gasteiger charge is -1.72. The van der Waals surface area contributed by atoms with Crippen LogP contribution in [0.15, 0.2) is 23.0 Å². The van der Waals surface area contributed by atoms with E-state index in [0.29, 0.717) is 5.70 Å². The predicted molar refractivity (Wildman–Crippen MR) is 33.4 cm³/mol. The Morgan fingerprint density at radius 3 is 2.57 bits per heavy atom. The zero-order chi connectivity index (χ0) is 5.70. The first-order chi connectivity index (χ1) is 3.31. The van der Waals surface area contributed by atoms with Gasteiger partial charge in [-0.1, -0.05) is 6.58 Å². The number of allylic oxidation sites excluding steroid dienone is 1. The first kappa shape index (κ1) is 6.32. The molecule has 0 aliphatic heterocycles. The minimum atomic E-state index is 0.676. The Morgan fingerprint density at radius 1 is 1.86 bits per heavy atom. The van der Waals surface area contributed by atoms with Gasteiger partial charge in [0.1, 0.15) is 0 Å². The average molecular weight is 111 g/mol. The van der Waals surface area contributed by atoms with E-state index in [-0.39, 0.29) is 0 Å². The summed E-state index contributed by atoms with van der Waals surface area (Å²) < 4.78 is 0. The second-order valence-corrected chi connectivity index (χ2v) is 1.15. The molecule has 36 valence electrons. The van der Waals surface area contributed by atoms with Crippen molar-refractivity contribution in [2.75, 3.05) is 0 Å². The van der Waals surface area contributed by atoms with E-state index in [9.17, 15) is 0 Å². The highest BCUT2D eigenvalue weighted by molar-refractivity contribution is 7.78. The summed E-state index contributed by atoms with van der Waals surface area (Å²) in [6, 6.07) is 0. The van der Waals surface area contributed by atoms with Gasteiger partial charge in [-0.2, -0.15) is 4.99 Å². The molecule has 0 aliphatic rings. The van der Waals surface area contributed by atoms with E-state index in [4.69, 9.17) is 0 Å². The summed E-state index contributed by atoms with van der Waals surface area (Å²) in [5, 5.41) is 2.19. The zero-order valence-corrected chi connectivity index (χ0v) is 4.88. The molecule has 1 nitrogen and oxygen atoms in total. The fraction of sp³-hybridized carbons (Fsp3) is 0.200. The molecule has 0 heterocycles. The summed E-state index contributed by atoms with van der Waals surface area (Å²) in [7, 11) is 0. The van der Waals surface area contributed by atoms with Gasteiger partial charge in [0.15, 0.2) is 0 Å². The molecule has 0 N–H and O–H groups in total. The van der Waals surface area contributed by atoms with Crippen LogP contribution in [-0.2, 0) is 0 Å². The Hall–Kier alpha value is -0.680. The quantitative estimate of drug-likeness (QED) is 0.285. The molecule has 0 saturated heterocycles. The highest BCUT2D eigenvalue weighted by atomic mass is 32.1. The summed E-state index contributed by atoms with van der Waals surface area (Å²) in [6.07, 6.45) is 0. The van der Waals surface area contributed by atoms with Gasteiger partial charge in [-0.25, -0.2) is 0 Å². The fourth-order valence-electron chi connectivity index (χ4n) is 0.108. The molecule has 0 fully saturated rings. The maximum atomic E-state index is 4.29. The molecule has 0 aromatic heterocycles. The topological polar surface area (TPSA) is 12.4 Å². The van der Waals surface area contributed by atoms with Crippen LogP contribution in [0.1, 0.15) is 6.92 Å². The number of hydrogen-bond donors (Lipinski definition) is 0. The van der Waals surface area contributed by atoms with Crippen molar-refractivity contribution in [3.8, 4) is 0 Å². The van der Waals surface area contributed by atoms with Crippen molar-refractivity contribution < 1.29 is 0 Å². The fourth-order valence-corrected chi connectivity index (χ4v) is 0.245. The first-order valence-corrected chi connectivity index (χ1v) is 2.16. The summed E-state index contributed by atoms with van der Waals surface area (Å²) in [4.78, 5) is 3.55. The maximum Gasteiger partial charge on any atom is 0.0893 e. The third kappa shape index (κ3) is 3.14. The third-order valence-electron chi connectivity index (χ3n) is 0.469. The van der Waals surface area contributed by atoms with E-state index in [1.165, 1.54) is 0 Å². The predicted octanol–water partition coefficient (Wildman–Crippen LogP) is 1.78. The lowest BCUT2D eigenvalue weighted by atomic mass is 10.6. The van der Waals surface area contributed by atoms with Crippen molar-refractivity contribution in [3.63, 3.8) is 0 Å². The number of hydrogen-bond acceptors (Lipinski definition) is 2. The molecule has 0 atom stereocenters. The van der Waals surface area contributed by atoms with Gasteiger partial charge >= 0.3 is 0 Å². The van der Waals surface area contributed by atoms with E-state index >= 15 is 0 Å². The van der Waals surface area contributed by atoms with Crippen LogP contribution in [0.2, 0.25) is 0 Å². The first-order valence-electron chi connectivity index (χ1n) is 1.75. The van der Waals surface area contributed by atoms with E-state index in [2.05, 4.69) is 34.7 Å². The Balaban J connectivity index is 4.10. The summed E-state index contributed by atoms with van der Waals surface area (Å²) >= 11 is 4.29. The maximum absolute atomic E-state index is 4.29. The monoisotopic (exact) mass is 111 g/mol. The summed E-state index contributed by atoms with van der Waals surface area (Å²) in [5.74, 6) is 0. The number of rotatable bonds is 1. The van der Waals surface area contributed by atoms with Crippen LogP contribution in [0.5, 0.6) is 0 Å². The van der Waals surface area contributed by atoms with Gasteiger partial charge in [0, 0.05) is 0 Å². The second kappa shape index (κ2) is 3.51. The van der Waals surface area contributed by atoms with Crippen LogP contribution in [0.3, 0.4) is 0 Å². The van der Waals surface area contributed by atoms with Gasteiger partial charge in [-0.15, -0.1) is 5.73 Å². The van der Waals surface area contributed by atoms with Crippen molar-refractivity contribution in [2.24, 2.45) is 4.99 Å². The van der Waals surface area contributed by atoms with Gasteiger partial charge < -0.3 is 0 Å². The van der Waals surface area contributed by atoms with E-state index in [1.54, 1.807) is 6.92 Å². The van der Waals surface area contributed by atoms with Gasteiger partial charge in [-0.3, -0.25) is 0 Å². The molecule has 0 rings (SSSR count). The largest absolute Gasteiger partial charge is 0.191 e. The van der Waals surface area contributed by atoms with Crippen LogP contribution < -0.4 is 0 Å². The SMILES string of the molecule is C=C=C(C)N=C=S. The summed E-state index contributed by atoms with van der Waals surface area (Å²) in [6.45, 7) is 5.09. The standard InChI is InChI=1S/C5H5NS/c1-3-5(2)6-4-7/h1H2,2H3. The van der Waals surface area contributed by atoms with Crippen molar-refractivity contribution in [1.82, 2.24) is 0 Å². The van der Waals surface area contributed by atoms with Gasteiger partial charge in [-0.05, 0) is 19.1 Å². The Bertz CT molecular complexity index is 147. The minimum Gasteiger partial charge on any atom is -0.191 e. The van der Waals surface area contributed by atoms with Crippen molar-refractivity contribution >= 4 is 17.4 Å². The molecule has 0 radical (unpaired) electrons. The molecular weight excluding hydrogens is 106 g/mol. The molecule has 7 heavy (non-hydrogen) atoms. The summed E-state index contributed by atoms with van der Waals surface area (Å²) in [5.41, 5.74) is 3.21. The number of isothiocyanates is 1. The van der Waals surface area contributed by atoms with Crippen molar-refractivity contribution in [2.45, 2.75) is 6.92 Å². The smallest absolute Gasteiger partial charge is 0.0893 e. The van der Waals surface area contributed by atoms with Gasteiger partial charge in [0.2, 0.25) is 0 Å². The number of nitrogens with zero attached hydrogens (tertiary/aromatic N) is 1. The highest BCUT2D eigenvalue weighted by Gasteiger charge is 1.68. The average Bonchev–Trinajstić information content (AvgIpc) is 1.68. The normalized spacial score (nSPS) is 5.86. The zero-order valence-electron chi connectivity index (χ0n) is 4.06. The van der Waals surface area contributed by atoms with Crippen molar-refractivity contribution in [3.05, 3.63) is 18.0 Å². The van der Waals surface area contributed by atoms with E-state index in [1.807, 2.05) is 0 Å². The van der Waals surface area contributed by atoms with Crippen LogP contribution in [0.25, 0.3) is 0 Å². The van der Waals surface area contributed by atoms with Gasteiger partial charge in [0.25, 0.3) is 0 Å². The second-order valence-electron chi connectivity index (χ2n) is 0.965. The molecule has 2 heteroatoms. The van der Waals surface area contributed by atoms with Crippen LogP contribution in [-0.4, -0.2) is 5.16 Å². The molecule has 0 bridgehead atoms. The van der Waals surface area contributed by atoms with Crippen LogP contribution in [0, 0.1) is 0 Å². The Labute approximate surface area is 48.1 Å². The Kier molecular flexibility index (Phi) is 3.17. The van der Waals surface area contributed by atoms with Crippen LogP contribution >= 0.6 is 12.2 Å².